The zero-order valence-electron chi connectivity index (χ0n) is 10.2. The SMILES string of the molecule is CCC(C)Nc1cc(OC)nc(C2CC2)n1. The van der Waals surface area contributed by atoms with Gasteiger partial charge < -0.3 is 10.1 Å². The number of rotatable bonds is 5. The van der Waals surface area contributed by atoms with Gasteiger partial charge in [0.05, 0.1) is 7.11 Å². The molecule has 0 bridgehead atoms. The average molecular weight is 221 g/mol. The maximum absolute atomic E-state index is 5.20. The average Bonchev–Trinajstić information content (AvgIpc) is 3.12. The smallest absolute Gasteiger partial charge is 0.218 e. The van der Waals surface area contributed by atoms with E-state index in [9.17, 15) is 0 Å². The molecule has 0 radical (unpaired) electrons. The molecule has 1 aromatic heterocycles. The van der Waals surface area contributed by atoms with Crippen LogP contribution < -0.4 is 10.1 Å². The van der Waals surface area contributed by atoms with Crippen LogP contribution in [0.1, 0.15) is 44.9 Å². The summed E-state index contributed by atoms with van der Waals surface area (Å²) in [5.74, 6) is 3.00. The van der Waals surface area contributed by atoms with Crippen molar-refractivity contribution in [2.75, 3.05) is 12.4 Å². The predicted molar refractivity (Wildman–Crippen MR) is 63.9 cm³/mol. The van der Waals surface area contributed by atoms with Crippen LogP contribution in [0.4, 0.5) is 5.82 Å². The summed E-state index contributed by atoms with van der Waals surface area (Å²) in [4.78, 5) is 8.90. The number of methoxy groups -OCH3 is 1. The Balaban J connectivity index is 2.18. The highest BCUT2D eigenvalue weighted by molar-refractivity contribution is 5.40. The van der Waals surface area contributed by atoms with Crippen molar-refractivity contribution in [2.24, 2.45) is 0 Å². The van der Waals surface area contributed by atoms with Gasteiger partial charge >= 0.3 is 0 Å². The Labute approximate surface area is 96.4 Å². The van der Waals surface area contributed by atoms with Crippen LogP contribution in [0.2, 0.25) is 0 Å². The molecule has 1 N–H and O–H groups in total. The minimum atomic E-state index is 0.423. The van der Waals surface area contributed by atoms with E-state index in [0.29, 0.717) is 17.8 Å². The van der Waals surface area contributed by atoms with Gasteiger partial charge in [-0.1, -0.05) is 6.92 Å². The second-order valence-electron chi connectivity index (χ2n) is 4.38. The molecule has 1 atom stereocenters. The minimum Gasteiger partial charge on any atom is -0.481 e. The normalized spacial score (nSPS) is 16.9. The Morgan fingerprint density at radius 2 is 2.25 bits per heavy atom. The molecule has 1 saturated carbocycles. The van der Waals surface area contributed by atoms with Crippen molar-refractivity contribution in [3.8, 4) is 5.88 Å². The third-order valence-corrected chi connectivity index (χ3v) is 2.88. The maximum atomic E-state index is 5.20. The van der Waals surface area contributed by atoms with E-state index in [2.05, 4.69) is 29.1 Å². The number of nitrogens with zero attached hydrogens (tertiary/aromatic N) is 2. The van der Waals surface area contributed by atoms with Crippen LogP contribution in [-0.2, 0) is 0 Å². The van der Waals surface area contributed by atoms with Crippen LogP contribution in [0.5, 0.6) is 5.88 Å². The molecule has 1 aromatic rings. The number of anilines is 1. The quantitative estimate of drug-likeness (QED) is 0.830. The minimum absolute atomic E-state index is 0.423. The van der Waals surface area contributed by atoms with Crippen molar-refractivity contribution in [1.29, 1.82) is 0 Å². The molecule has 1 aliphatic rings. The van der Waals surface area contributed by atoms with Gasteiger partial charge in [0.15, 0.2) is 0 Å². The van der Waals surface area contributed by atoms with Crippen molar-refractivity contribution < 1.29 is 4.74 Å². The number of hydrogen-bond acceptors (Lipinski definition) is 4. The fraction of sp³-hybridized carbons (Fsp3) is 0.667. The van der Waals surface area contributed by atoms with Gasteiger partial charge in [-0.05, 0) is 26.2 Å². The van der Waals surface area contributed by atoms with Crippen molar-refractivity contribution in [3.05, 3.63) is 11.9 Å². The summed E-state index contributed by atoms with van der Waals surface area (Å²) in [6.45, 7) is 4.29. The second-order valence-corrected chi connectivity index (χ2v) is 4.38. The van der Waals surface area contributed by atoms with Gasteiger partial charge in [0.1, 0.15) is 11.6 Å². The van der Waals surface area contributed by atoms with Crippen molar-refractivity contribution in [3.63, 3.8) is 0 Å². The molecule has 0 spiro atoms. The van der Waals surface area contributed by atoms with E-state index < -0.39 is 0 Å². The van der Waals surface area contributed by atoms with E-state index in [1.165, 1.54) is 12.8 Å². The van der Waals surface area contributed by atoms with Crippen molar-refractivity contribution in [2.45, 2.75) is 45.1 Å². The Hall–Kier alpha value is -1.32. The third kappa shape index (κ3) is 2.62. The lowest BCUT2D eigenvalue weighted by atomic mass is 10.2. The van der Waals surface area contributed by atoms with E-state index in [4.69, 9.17) is 4.74 Å². The molecule has 88 valence electrons. The Kier molecular flexibility index (Phi) is 3.27. The van der Waals surface area contributed by atoms with E-state index in [-0.39, 0.29) is 0 Å². The Bertz CT molecular complexity index is 363. The van der Waals surface area contributed by atoms with Gasteiger partial charge in [0.25, 0.3) is 0 Å². The second kappa shape index (κ2) is 4.68. The highest BCUT2D eigenvalue weighted by atomic mass is 16.5. The number of aromatic nitrogens is 2. The molecule has 4 heteroatoms. The van der Waals surface area contributed by atoms with Gasteiger partial charge in [-0.2, -0.15) is 4.98 Å². The van der Waals surface area contributed by atoms with Crippen LogP contribution >= 0.6 is 0 Å². The lowest BCUT2D eigenvalue weighted by Gasteiger charge is -2.13. The summed E-state index contributed by atoms with van der Waals surface area (Å²) >= 11 is 0. The molecule has 1 heterocycles. The first kappa shape index (κ1) is 11.2. The summed E-state index contributed by atoms with van der Waals surface area (Å²) < 4.78 is 5.20. The summed E-state index contributed by atoms with van der Waals surface area (Å²) in [6, 6.07) is 2.28. The first-order valence-corrected chi connectivity index (χ1v) is 5.92. The van der Waals surface area contributed by atoms with Crippen molar-refractivity contribution >= 4 is 5.82 Å². The lowest BCUT2D eigenvalue weighted by molar-refractivity contribution is 0.395. The summed E-state index contributed by atoms with van der Waals surface area (Å²) in [5.41, 5.74) is 0. The van der Waals surface area contributed by atoms with E-state index in [0.717, 1.165) is 18.1 Å². The summed E-state index contributed by atoms with van der Waals surface area (Å²) in [6.07, 6.45) is 3.48. The van der Waals surface area contributed by atoms with Crippen LogP contribution in [-0.4, -0.2) is 23.1 Å². The number of nitrogens with one attached hydrogen (secondary N) is 1. The molecule has 4 nitrogen and oxygen atoms in total. The summed E-state index contributed by atoms with van der Waals surface area (Å²) in [7, 11) is 1.64. The predicted octanol–water partition coefficient (Wildman–Crippen LogP) is 2.57. The first-order chi connectivity index (χ1) is 7.72. The van der Waals surface area contributed by atoms with E-state index in [1.54, 1.807) is 7.11 Å². The monoisotopic (exact) mass is 221 g/mol. The van der Waals surface area contributed by atoms with Crippen LogP contribution in [0.3, 0.4) is 0 Å². The van der Waals surface area contributed by atoms with E-state index in [1.807, 2.05) is 6.07 Å². The molecule has 0 amide bonds. The summed E-state index contributed by atoms with van der Waals surface area (Å²) in [5, 5.41) is 3.36. The molecule has 0 saturated heterocycles. The first-order valence-electron chi connectivity index (χ1n) is 5.92. The van der Waals surface area contributed by atoms with Gasteiger partial charge in [-0.3, -0.25) is 0 Å². The molecule has 16 heavy (non-hydrogen) atoms. The Morgan fingerprint density at radius 1 is 1.50 bits per heavy atom. The lowest BCUT2D eigenvalue weighted by Crippen LogP contribution is -2.15. The number of ether oxygens (including phenoxy) is 1. The Morgan fingerprint density at radius 3 is 2.81 bits per heavy atom. The fourth-order valence-electron chi connectivity index (χ4n) is 1.50. The molecule has 1 aliphatic carbocycles. The van der Waals surface area contributed by atoms with Crippen molar-refractivity contribution in [1.82, 2.24) is 9.97 Å². The highest BCUT2D eigenvalue weighted by Gasteiger charge is 2.27. The van der Waals surface area contributed by atoms with Gasteiger partial charge in [-0.15, -0.1) is 0 Å². The van der Waals surface area contributed by atoms with Gasteiger partial charge in [-0.25, -0.2) is 4.98 Å². The van der Waals surface area contributed by atoms with E-state index >= 15 is 0 Å². The third-order valence-electron chi connectivity index (χ3n) is 2.88. The topological polar surface area (TPSA) is 47.0 Å². The number of hydrogen-bond donors (Lipinski definition) is 1. The zero-order chi connectivity index (χ0) is 11.5. The molecule has 0 aromatic carbocycles. The molecular weight excluding hydrogens is 202 g/mol. The van der Waals surface area contributed by atoms with Gasteiger partial charge in [0, 0.05) is 18.0 Å². The molecule has 2 rings (SSSR count). The molecule has 0 aliphatic heterocycles. The zero-order valence-corrected chi connectivity index (χ0v) is 10.2. The fourth-order valence-corrected chi connectivity index (χ4v) is 1.50. The molecule has 1 fully saturated rings. The largest absolute Gasteiger partial charge is 0.481 e. The highest BCUT2D eigenvalue weighted by Crippen LogP contribution is 2.39. The van der Waals surface area contributed by atoms with Crippen LogP contribution in [0.25, 0.3) is 0 Å². The molecular formula is C12H19N3O. The molecule has 1 unspecified atom stereocenters. The van der Waals surface area contributed by atoms with Crippen LogP contribution in [0.15, 0.2) is 6.07 Å². The maximum Gasteiger partial charge on any atom is 0.218 e. The van der Waals surface area contributed by atoms with Gasteiger partial charge in [0.2, 0.25) is 5.88 Å². The van der Waals surface area contributed by atoms with Crippen LogP contribution in [0, 0.1) is 0 Å². The standard InChI is InChI=1S/C12H19N3O/c1-4-8(2)13-10-7-11(16-3)15-12(14-10)9-5-6-9/h7-9H,4-6H2,1-3H3,(H,13,14,15).